The monoisotopic (exact) mass is 501 g/mol. The molecule has 8 heteroatoms. The zero-order valence-electron chi connectivity index (χ0n) is 22.3. The van der Waals surface area contributed by atoms with Crippen LogP contribution in [0, 0.1) is 0 Å². The van der Waals surface area contributed by atoms with Crippen LogP contribution in [0.5, 0.6) is 0 Å². The molecule has 0 aliphatic heterocycles. The summed E-state index contributed by atoms with van der Waals surface area (Å²) < 4.78 is 10.6. The Morgan fingerprint density at radius 1 is 0.543 bits per heavy atom. The second-order valence-corrected chi connectivity index (χ2v) is 9.24. The van der Waals surface area contributed by atoms with Gasteiger partial charge < -0.3 is 30.9 Å². The number of amides is 2. The minimum Gasteiger partial charge on any atom is -0.396 e. The first kappa shape index (κ1) is 33.8. The molecule has 0 spiro atoms. The van der Waals surface area contributed by atoms with E-state index in [9.17, 15) is 9.59 Å². The number of hydrogen-bond acceptors (Lipinski definition) is 6. The normalized spacial score (nSPS) is 11.0. The largest absolute Gasteiger partial charge is 0.396 e. The summed E-state index contributed by atoms with van der Waals surface area (Å²) in [5, 5.41) is 14.4. The number of aliphatic hydroxyl groups excluding tert-OH is 1. The van der Waals surface area contributed by atoms with Crippen molar-refractivity contribution in [1.82, 2.24) is 10.6 Å². The van der Waals surface area contributed by atoms with Crippen molar-refractivity contribution in [3.63, 3.8) is 0 Å². The molecule has 0 aliphatic carbocycles. The van der Waals surface area contributed by atoms with E-state index in [0.29, 0.717) is 65.5 Å². The van der Waals surface area contributed by atoms with E-state index in [0.717, 1.165) is 19.3 Å². The van der Waals surface area contributed by atoms with Crippen LogP contribution in [-0.2, 0) is 19.1 Å². The molecule has 35 heavy (non-hydrogen) atoms. The van der Waals surface area contributed by atoms with Crippen molar-refractivity contribution in [2.75, 3.05) is 52.7 Å². The molecule has 8 nitrogen and oxygen atoms in total. The van der Waals surface area contributed by atoms with Gasteiger partial charge in [-0.05, 0) is 12.8 Å². The summed E-state index contributed by atoms with van der Waals surface area (Å²) in [4.78, 5) is 23.4. The highest BCUT2D eigenvalue weighted by molar-refractivity contribution is 5.76. The summed E-state index contributed by atoms with van der Waals surface area (Å²) in [6, 6.07) is 0. The van der Waals surface area contributed by atoms with Crippen LogP contribution in [0.1, 0.15) is 109 Å². The molecular weight excluding hydrogens is 446 g/mol. The maximum Gasteiger partial charge on any atom is 0.222 e. The summed E-state index contributed by atoms with van der Waals surface area (Å²) in [6.07, 6.45) is 19.6. The lowest BCUT2D eigenvalue weighted by Crippen LogP contribution is -2.30. The van der Waals surface area contributed by atoms with Gasteiger partial charge in [0.2, 0.25) is 11.8 Å². The fourth-order valence-electron chi connectivity index (χ4n) is 3.85. The van der Waals surface area contributed by atoms with E-state index >= 15 is 0 Å². The molecule has 208 valence electrons. The highest BCUT2D eigenvalue weighted by Crippen LogP contribution is 2.13. The fourth-order valence-corrected chi connectivity index (χ4v) is 3.85. The zero-order valence-corrected chi connectivity index (χ0v) is 22.3. The van der Waals surface area contributed by atoms with Crippen molar-refractivity contribution >= 4 is 11.8 Å². The topological polar surface area (TPSA) is 123 Å². The van der Waals surface area contributed by atoms with E-state index in [1.54, 1.807) is 0 Å². The van der Waals surface area contributed by atoms with Crippen LogP contribution in [0.2, 0.25) is 0 Å². The van der Waals surface area contributed by atoms with E-state index in [1.807, 2.05) is 0 Å². The Bertz CT molecular complexity index is 466. The molecule has 0 heterocycles. The Kier molecular flexibility index (Phi) is 28.0. The maximum atomic E-state index is 11.9. The van der Waals surface area contributed by atoms with Gasteiger partial charge in [-0.15, -0.1) is 0 Å². The number of unbranched alkanes of at least 4 members (excludes halogenated alkanes) is 14. The number of rotatable bonds is 28. The highest BCUT2D eigenvalue weighted by atomic mass is 16.5. The van der Waals surface area contributed by atoms with Gasteiger partial charge in [-0.25, -0.2) is 0 Å². The van der Waals surface area contributed by atoms with Crippen LogP contribution in [0.3, 0.4) is 0 Å². The van der Waals surface area contributed by atoms with Gasteiger partial charge in [0.15, 0.2) is 0 Å². The number of carbonyl (C=O) groups excluding carboxylic acids is 2. The Labute approximate surface area is 214 Å². The third kappa shape index (κ3) is 28.9. The lowest BCUT2D eigenvalue weighted by atomic mass is 10.0. The summed E-state index contributed by atoms with van der Waals surface area (Å²) in [5.41, 5.74) is 5.31. The first-order valence-electron chi connectivity index (χ1n) is 14.2. The molecule has 0 rings (SSSR count). The lowest BCUT2D eigenvalue weighted by Gasteiger charge is -2.08. The Morgan fingerprint density at radius 2 is 0.943 bits per heavy atom. The molecule has 0 saturated heterocycles. The highest BCUT2D eigenvalue weighted by Gasteiger charge is 2.02. The molecule has 0 bridgehead atoms. The van der Waals surface area contributed by atoms with Gasteiger partial charge in [-0.3, -0.25) is 9.59 Å². The number of carbonyl (C=O) groups is 2. The quantitative estimate of drug-likeness (QED) is 0.121. The van der Waals surface area contributed by atoms with Crippen molar-refractivity contribution in [2.45, 2.75) is 109 Å². The van der Waals surface area contributed by atoms with Crippen molar-refractivity contribution in [3.05, 3.63) is 0 Å². The number of nitrogens with one attached hydrogen (secondary N) is 2. The SMILES string of the molecule is NCCOCCC(=O)NCCOCCNC(=O)CCCCCCCCCCCCCCCCCO. The summed E-state index contributed by atoms with van der Waals surface area (Å²) >= 11 is 0. The molecule has 0 aliphatic rings. The van der Waals surface area contributed by atoms with Gasteiger partial charge in [-0.1, -0.05) is 83.5 Å². The van der Waals surface area contributed by atoms with Gasteiger partial charge in [0.05, 0.1) is 26.4 Å². The summed E-state index contributed by atoms with van der Waals surface area (Å²) in [6.45, 7) is 3.48. The third-order valence-corrected chi connectivity index (χ3v) is 5.93. The second kappa shape index (κ2) is 29.0. The van der Waals surface area contributed by atoms with Gasteiger partial charge >= 0.3 is 0 Å². The van der Waals surface area contributed by atoms with E-state index in [2.05, 4.69) is 10.6 Å². The summed E-state index contributed by atoms with van der Waals surface area (Å²) in [5.74, 6) is 0.0274. The van der Waals surface area contributed by atoms with Crippen LogP contribution in [0.25, 0.3) is 0 Å². The zero-order chi connectivity index (χ0) is 25.7. The van der Waals surface area contributed by atoms with Crippen LogP contribution >= 0.6 is 0 Å². The molecule has 0 saturated carbocycles. The number of hydrogen-bond donors (Lipinski definition) is 4. The first-order valence-corrected chi connectivity index (χ1v) is 14.2. The fraction of sp³-hybridized carbons (Fsp3) is 0.926. The first-order chi connectivity index (χ1) is 17.2. The number of aliphatic hydroxyl groups is 1. The Hall–Kier alpha value is -1.22. The number of ether oxygens (including phenoxy) is 2. The van der Waals surface area contributed by atoms with Crippen molar-refractivity contribution in [2.24, 2.45) is 5.73 Å². The van der Waals surface area contributed by atoms with Gasteiger partial charge in [0.1, 0.15) is 0 Å². The molecule has 0 aromatic heterocycles. The summed E-state index contributed by atoms with van der Waals surface area (Å²) in [7, 11) is 0. The molecule has 5 N–H and O–H groups in total. The lowest BCUT2D eigenvalue weighted by molar-refractivity contribution is -0.122. The molecule has 0 radical (unpaired) electrons. The second-order valence-electron chi connectivity index (χ2n) is 9.24. The van der Waals surface area contributed by atoms with E-state index in [1.165, 1.54) is 77.0 Å². The van der Waals surface area contributed by atoms with E-state index < -0.39 is 0 Å². The Balaban J connectivity index is 3.21. The molecule has 0 aromatic carbocycles. The molecule has 0 atom stereocenters. The third-order valence-electron chi connectivity index (χ3n) is 5.93. The number of nitrogens with two attached hydrogens (primary N) is 1. The molecule has 0 fully saturated rings. The molecule has 0 aromatic rings. The predicted octanol–water partition coefficient (Wildman–Crippen LogP) is 3.83. The van der Waals surface area contributed by atoms with Gasteiger partial charge in [-0.2, -0.15) is 0 Å². The average molecular weight is 502 g/mol. The van der Waals surface area contributed by atoms with Crippen LogP contribution in [0.4, 0.5) is 0 Å². The van der Waals surface area contributed by atoms with Crippen molar-refractivity contribution in [1.29, 1.82) is 0 Å². The van der Waals surface area contributed by atoms with Crippen molar-refractivity contribution in [3.8, 4) is 0 Å². The smallest absolute Gasteiger partial charge is 0.222 e. The minimum absolute atomic E-state index is 0.0631. The van der Waals surface area contributed by atoms with Crippen molar-refractivity contribution < 1.29 is 24.2 Å². The average Bonchev–Trinajstić information content (AvgIpc) is 2.85. The maximum absolute atomic E-state index is 11.9. The van der Waals surface area contributed by atoms with Crippen LogP contribution < -0.4 is 16.4 Å². The standard InChI is InChI=1S/C27H55N3O5/c28-18-23-34-22-17-27(33)30-20-25-35-24-19-29-26(32)16-14-12-10-8-6-4-2-1-3-5-7-9-11-13-15-21-31/h31H,1-25,28H2,(H,29,32)(H,30,33). The Morgan fingerprint density at radius 3 is 1.40 bits per heavy atom. The molecule has 0 unspecified atom stereocenters. The predicted molar refractivity (Wildman–Crippen MR) is 142 cm³/mol. The van der Waals surface area contributed by atoms with Crippen LogP contribution in [0.15, 0.2) is 0 Å². The van der Waals surface area contributed by atoms with Crippen LogP contribution in [-0.4, -0.2) is 69.6 Å². The van der Waals surface area contributed by atoms with Gasteiger partial charge in [0.25, 0.3) is 0 Å². The van der Waals surface area contributed by atoms with Gasteiger partial charge in [0, 0.05) is 39.1 Å². The molecule has 2 amide bonds. The van der Waals surface area contributed by atoms with E-state index in [4.69, 9.17) is 20.3 Å². The minimum atomic E-state index is -0.0631. The van der Waals surface area contributed by atoms with E-state index in [-0.39, 0.29) is 11.8 Å². The molecular formula is C27H55N3O5.